The lowest BCUT2D eigenvalue weighted by Gasteiger charge is -2.29. The summed E-state index contributed by atoms with van der Waals surface area (Å²) in [6.07, 6.45) is 12.9. The molecule has 55 heavy (non-hydrogen) atoms. The van der Waals surface area contributed by atoms with E-state index in [1.165, 1.54) is 55.7 Å². The molecular formula is C52H42N2O. The number of hydrogen-bond donors (Lipinski definition) is 1. The van der Waals surface area contributed by atoms with E-state index in [9.17, 15) is 0 Å². The molecule has 0 amide bonds. The van der Waals surface area contributed by atoms with E-state index in [4.69, 9.17) is 4.74 Å². The Balaban J connectivity index is 1.02. The number of hydrogen-bond acceptors (Lipinski definition) is 3. The van der Waals surface area contributed by atoms with Crippen LogP contribution in [0.3, 0.4) is 0 Å². The number of benzene rings is 6. The summed E-state index contributed by atoms with van der Waals surface area (Å²) in [4.78, 5) is 2.39. The molecule has 0 saturated carbocycles. The largest absolute Gasteiger partial charge is 0.461 e. The van der Waals surface area contributed by atoms with E-state index in [0.29, 0.717) is 0 Å². The minimum Gasteiger partial charge on any atom is -0.461 e. The van der Waals surface area contributed by atoms with Crippen LogP contribution in [0.25, 0.3) is 27.8 Å². The first-order valence-electron chi connectivity index (χ1n) is 19.3. The summed E-state index contributed by atoms with van der Waals surface area (Å²) in [7, 11) is 0. The quantitative estimate of drug-likeness (QED) is 0.193. The number of fused-ring (bicyclic) bond motifs is 7. The van der Waals surface area contributed by atoms with Gasteiger partial charge in [0.25, 0.3) is 0 Å². The topological polar surface area (TPSA) is 24.5 Å². The van der Waals surface area contributed by atoms with Crippen LogP contribution in [0.1, 0.15) is 48.4 Å². The molecule has 1 unspecified atom stereocenters. The molecule has 3 nitrogen and oxygen atoms in total. The maximum atomic E-state index is 6.42. The van der Waals surface area contributed by atoms with Gasteiger partial charge in [0.1, 0.15) is 11.5 Å². The van der Waals surface area contributed by atoms with Gasteiger partial charge in [0.15, 0.2) is 0 Å². The Hall–Kier alpha value is -6.58. The van der Waals surface area contributed by atoms with Crippen LogP contribution in [-0.2, 0) is 11.8 Å². The lowest BCUT2D eigenvalue weighted by molar-refractivity contribution is 0.425. The Morgan fingerprint density at radius 2 is 1.42 bits per heavy atom. The maximum absolute atomic E-state index is 6.42. The van der Waals surface area contributed by atoms with Gasteiger partial charge in [-0.1, -0.05) is 130 Å². The van der Waals surface area contributed by atoms with Crippen molar-refractivity contribution >= 4 is 28.3 Å². The highest BCUT2D eigenvalue weighted by Gasteiger charge is 2.38. The van der Waals surface area contributed by atoms with Gasteiger partial charge in [-0.3, -0.25) is 0 Å². The SMILES string of the molecule is C=C1C=C2/C(=C\Cc3cc(-c4ccc(N(c5ccc(-c6ccccc6)cc5)c5cccc6c5C5CC=CC=C5O6)cc4)ccc3N1)c1ccccc1C2(C)C. The van der Waals surface area contributed by atoms with E-state index in [2.05, 4.69) is 201 Å². The van der Waals surface area contributed by atoms with E-state index in [1.807, 2.05) is 0 Å². The van der Waals surface area contributed by atoms with E-state index in [-0.39, 0.29) is 11.3 Å². The Bertz CT molecular complexity index is 2620. The van der Waals surface area contributed by atoms with Gasteiger partial charge in [0.2, 0.25) is 0 Å². The van der Waals surface area contributed by atoms with Crippen molar-refractivity contribution in [2.45, 2.75) is 38.0 Å². The maximum Gasteiger partial charge on any atom is 0.133 e. The Labute approximate surface area is 324 Å². The zero-order chi connectivity index (χ0) is 37.1. The summed E-state index contributed by atoms with van der Waals surface area (Å²) in [5.41, 5.74) is 17.8. The van der Waals surface area contributed by atoms with Crippen LogP contribution in [0.2, 0.25) is 0 Å². The minimum absolute atomic E-state index is 0.0897. The fourth-order valence-electron chi connectivity index (χ4n) is 8.96. The first kappa shape index (κ1) is 33.0. The number of nitrogens with zero attached hydrogens (tertiary/aromatic N) is 1. The molecule has 2 heterocycles. The number of rotatable bonds is 5. The van der Waals surface area contributed by atoms with E-state index < -0.39 is 0 Å². The smallest absolute Gasteiger partial charge is 0.133 e. The molecule has 0 spiro atoms. The lowest BCUT2D eigenvalue weighted by Crippen LogP contribution is -2.15. The molecule has 10 rings (SSSR count). The normalized spacial score (nSPS) is 18.3. The first-order valence-corrected chi connectivity index (χ1v) is 19.3. The van der Waals surface area contributed by atoms with Gasteiger partial charge in [-0.15, -0.1) is 0 Å². The van der Waals surface area contributed by atoms with Gasteiger partial charge in [-0.25, -0.2) is 0 Å². The highest BCUT2D eigenvalue weighted by atomic mass is 16.5. The van der Waals surface area contributed by atoms with Crippen LogP contribution in [0.4, 0.5) is 22.7 Å². The molecule has 0 radical (unpaired) electrons. The second-order valence-corrected chi connectivity index (χ2v) is 15.4. The highest BCUT2D eigenvalue weighted by molar-refractivity contribution is 5.91. The fourth-order valence-corrected chi connectivity index (χ4v) is 8.96. The third-order valence-corrected chi connectivity index (χ3v) is 11.8. The third-order valence-electron chi connectivity index (χ3n) is 11.8. The van der Waals surface area contributed by atoms with Crippen LogP contribution in [-0.4, -0.2) is 0 Å². The van der Waals surface area contributed by atoms with Gasteiger partial charge < -0.3 is 15.0 Å². The molecule has 266 valence electrons. The average molecular weight is 711 g/mol. The van der Waals surface area contributed by atoms with Crippen LogP contribution >= 0.6 is 0 Å². The van der Waals surface area contributed by atoms with Crippen molar-refractivity contribution < 1.29 is 4.74 Å². The molecule has 2 aliphatic heterocycles. The zero-order valence-corrected chi connectivity index (χ0v) is 31.2. The van der Waals surface area contributed by atoms with Crippen LogP contribution in [0.15, 0.2) is 194 Å². The van der Waals surface area contributed by atoms with Crippen molar-refractivity contribution in [3.05, 3.63) is 216 Å². The number of ether oxygens (including phenoxy) is 1. The number of anilines is 4. The number of allylic oxidation sites excluding steroid dienone is 8. The lowest BCUT2D eigenvalue weighted by atomic mass is 9.81. The van der Waals surface area contributed by atoms with Crippen LogP contribution in [0.5, 0.6) is 5.75 Å². The average Bonchev–Trinajstić information content (AvgIpc) is 3.72. The summed E-state index contributed by atoms with van der Waals surface area (Å²) >= 11 is 0. The second-order valence-electron chi connectivity index (χ2n) is 15.4. The molecule has 0 fully saturated rings. The van der Waals surface area contributed by atoms with Crippen molar-refractivity contribution in [3.63, 3.8) is 0 Å². The molecule has 2 aliphatic carbocycles. The van der Waals surface area contributed by atoms with Gasteiger partial charge >= 0.3 is 0 Å². The van der Waals surface area contributed by atoms with E-state index in [0.717, 1.165) is 52.8 Å². The standard InChI is InChI=1S/C52H42N2O/c1-34-32-46-43(42-14-7-9-16-45(42)52(46,2)3)30-24-39-33-38(25-31-47(39)53-34)37-22-28-41(29-23-37)54(40-26-20-36(21-27-40)35-12-5-4-6-13-35)48-17-11-19-50-51(48)44-15-8-10-18-49(44)55-50/h4-14,16-23,25-33,44,53H,1,15,24H2,2-3H3/b43-30-,46-32?. The summed E-state index contributed by atoms with van der Waals surface area (Å²) in [6, 6.07) is 50.5. The summed E-state index contributed by atoms with van der Waals surface area (Å²) in [5.74, 6) is 2.16. The van der Waals surface area contributed by atoms with Crippen molar-refractivity contribution in [3.8, 4) is 28.0 Å². The molecular weight excluding hydrogens is 669 g/mol. The molecule has 0 saturated heterocycles. The third kappa shape index (κ3) is 5.66. The van der Waals surface area contributed by atoms with Crippen LogP contribution < -0.4 is 15.0 Å². The van der Waals surface area contributed by atoms with Gasteiger partial charge in [-0.2, -0.15) is 0 Å². The first-order chi connectivity index (χ1) is 26.9. The van der Waals surface area contributed by atoms with Crippen molar-refractivity contribution in [1.82, 2.24) is 0 Å². The second kappa shape index (κ2) is 13.1. The molecule has 3 heteroatoms. The van der Waals surface area contributed by atoms with Crippen molar-refractivity contribution in [2.75, 3.05) is 10.2 Å². The van der Waals surface area contributed by atoms with E-state index in [1.54, 1.807) is 0 Å². The molecule has 6 aromatic rings. The molecule has 1 atom stereocenters. The van der Waals surface area contributed by atoms with Gasteiger partial charge in [0.05, 0.1) is 11.6 Å². The Morgan fingerprint density at radius 3 is 2.20 bits per heavy atom. The molecule has 4 aliphatic rings. The Morgan fingerprint density at radius 1 is 0.727 bits per heavy atom. The van der Waals surface area contributed by atoms with Gasteiger partial charge in [-0.05, 0) is 124 Å². The van der Waals surface area contributed by atoms with Gasteiger partial charge in [0, 0.05) is 33.7 Å². The molecule has 1 N–H and O–H groups in total. The van der Waals surface area contributed by atoms with Crippen molar-refractivity contribution in [1.29, 1.82) is 0 Å². The zero-order valence-electron chi connectivity index (χ0n) is 31.2. The summed E-state index contributed by atoms with van der Waals surface area (Å²) < 4.78 is 6.42. The molecule has 0 bridgehead atoms. The number of nitrogens with one attached hydrogen (secondary N) is 1. The molecule has 0 aromatic heterocycles. The van der Waals surface area contributed by atoms with Crippen LogP contribution in [0, 0.1) is 0 Å². The highest BCUT2D eigenvalue weighted by Crippen LogP contribution is 2.53. The minimum atomic E-state index is -0.0897. The molecule has 6 aromatic carbocycles. The van der Waals surface area contributed by atoms with E-state index >= 15 is 0 Å². The fraction of sp³-hybridized carbons (Fsp3) is 0.115. The predicted molar refractivity (Wildman–Crippen MR) is 229 cm³/mol. The summed E-state index contributed by atoms with van der Waals surface area (Å²) in [5, 5.41) is 3.64. The predicted octanol–water partition coefficient (Wildman–Crippen LogP) is 13.6. The summed E-state index contributed by atoms with van der Waals surface area (Å²) in [6.45, 7) is 9.07. The Kier molecular flexibility index (Phi) is 7.85. The monoisotopic (exact) mass is 710 g/mol. The van der Waals surface area contributed by atoms with Crippen molar-refractivity contribution in [2.24, 2.45) is 0 Å².